The Kier molecular flexibility index (Phi) is 3.87. The van der Waals surface area contributed by atoms with Gasteiger partial charge in [0.05, 0.1) is 29.7 Å². The van der Waals surface area contributed by atoms with Gasteiger partial charge in [-0.05, 0) is 29.8 Å². The van der Waals surface area contributed by atoms with E-state index in [1.54, 1.807) is 36.4 Å². The van der Waals surface area contributed by atoms with Crippen LogP contribution in [0.3, 0.4) is 0 Å². The number of carbonyl (C=O) groups is 1. The quantitative estimate of drug-likeness (QED) is 0.789. The monoisotopic (exact) mass is 318 g/mol. The van der Waals surface area contributed by atoms with Crippen LogP contribution in [-0.2, 0) is 0 Å². The largest absolute Gasteiger partial charge is 0.477 e. The van der Waals surface area contributed by atoms with Crippen molar-refractivity contribution in [3.63, 3.8) is 0 Å². The predicted octanol–water partition coefficient (Wildman–Crippen LogP) is 1.86. The van der Waals surface area contributed by atoms with Gasteiger partial charge in [0, 0.05) is 11.8 Å². The lowest BCUT2D eigenvalue weighted by atomic mass is 10.0. The number of hydrogen-bond acceptors (Lipinski definition) is 5. The second-order valence-electron chi connectivity index (χ2n) is 4.86. The van der Waals surface area contributed by atoms with Crippen molar-refractivity contribution in [2.24, 2.45) is 0 Å². The minimum absolute atomic E-state index is 0.192. The first-order chi connectivity index (χ1) is 11.6. The molecule has 0 unspecified atom stereocenters. The van der Waals surface area contributed by atoms with Crippen molar-refractivity contribution in [2.45, 2.75) is 0 Å². The Balaban J connectivity index is 2.22. The summed E-state index contributed by atoms with van der Waals surface area (Å²) in [6.07, 6.45) is 4.28. The first-order valence-corrected chi connectivity index (χ1v) is 6.88. The van der Waals surface area contributed by atoms with Gasteiger partial charge in [0.25, 0.3) is 5.56 Å². The molecule has 0 aliphatic carbocycles. The number of nitrogens with zero attached hydrogens (tertiary/aromatic N) is 4. The molecule has 116 valence electrons. The molecule has 0 atom stereocenters. The van der Waals surface area contributed by atoms with Crippen LogP contribution in [0.15, 0.2) is 59.8 Å². The molecule has 0 amide bonds. The van der Waals surface area contributed by atoms with E-state index < -0.39 is 17.1 Å². The van der Waals surface area contributed by atoms with Gasteiger partial charge < -0.3 is 5.11 Å². The molecule has 0 saturated carbocycles. The van der Waals surface area contributed by atoms with Gasteiger partial charge in [-0.1, -0.05) is 12.1 Å². The van der Waals surface area contributed by atoms with E-state index in [1.165, 1.54) is 18.6 Å². The molecule has 24 heavy (non-hydrogen) atoms. The summed E-state index contributed by atoms with van der Waals surface area (Å²) in [6, 6.07) is 11.5. The predicted molar refractivity (Wildman–Crippen MR) is 84.7 cm³/mol. The Morgan fingerprint density at radius 1 is 1.17 bits per heavy atom. The molecule has 3 rings (SSSR count). The van der Waals surface area contributed by atoms with Crippen LogP contribution >= 0.6 is 0 Å². The third-order valence-corrected chi connectivity index (χ3v) is 3.41. The number of hydrogen-bond donors (Lipinski definition) is 1. The van der Waals surface area contributed by atoms with Crippen molar-refractivity contribution in [3.05, 3.63) is 76.5 Å². The molecule has 0 fully saturated rings. The Morgan fingerprint density at radius 3 is 2.50 bits per heavy atom. The molecular weight excluding hydrogens is 308 g/mol. The summed E-state index contributed by atoms with van der Waals surface area (Å²) >= 11 is 0. The number of nitriles is 1. The van der Waals surface area contributed by atoms with Crippen molar-refractivity contribution < 1.29 is 9.90 Å². The third kappa shape index (κ3) is 2.64. The number of pyridine rings is 1. The zero-order chi connectivity index (χ0) is 17.1. The van der Waals surface area contributed by atoms with Crippen LogP contribution < -0.4 is 5.56 Å². The minimum atomic E-state index is -1.35. The van der Waals surface area contributed by atoms with Crippen LogP contribution in [0.25, 0.3) is 16.8 Å². The van der Waals surface area contributed by atoms with E-state index in [4.69, 9.17) is 5.26 Å². The summed E-state index contributed by atoms with van der Waals surface area (Å²) in [5, 5.41) is 22.3. The van der Waals surface area contributed by atoms with E-state index in [0.29, 0.717) is 16.8 Å². The summed E-state index contributed by atoms with van der Waals surface area (Å²) in [5.74, 6) is -1.35. The van der Waals surface area contributed by atoms with Crippen LogP contribution in [0.5, 0.6) is 0 Å². The maximum absolute atomic E-state index is 12.6. The molecule has 0 spiro atoms. The Labute approximate surface area is 136 Å². The number of rotatable bonds is 3. The smallest absolute Gasteiger partial charge is 0.342 e. The summed E-state index contributed by atoms with van der Waals surface area (Å²) in [4.78, 5) is 28.1. The molecule has 0 bridgehead atoms. The molecule has 0 saturated heterocycles. The molecule has 7 heteroatoms. The lowest BCUT2D eigenvalue weighted by molar-refractivity contribution is 0.0695. The summed E-state index contributed by atoms with van der Waals surface area (Å²) in [6.45, 7) is 0. The Hall–Kier alpha value is -3.79. The lowest BCUT2D eigenvalue weighted by Crippen LogP contribution is -2.28. The lowest BCUT2D eigenvalue weighted by Gasteiger charge is -2.09. The van der Waals surface area contributed by atoms with Crippen LogP contribution in [-0.4, -0.2) is 25.8 Å². The summed E-state index contributed by atoms with van der Waals surface area (Å²) in [7, 11) is 0. The van der Waals surface area contributed by atoms with Gasteiger partial charge in [0.2, 0.25) is 0 Å². The first kappa shape index (κ1) is 15.1. The van der Waals surface area contributed by atoms with Crippen molar-refractivity contribution >= 4 is 5.97 Å². The van der Waals surface area contributed by atoms with Gasteiger partial charge >= 0.3 is 5.97 Å². The summed E-state index contributed by atoms with van der Waals surface area (Å²) < 4.78 is 0.990. The average molecular weight is 318 g/mol. The molecule has 1 aromatic carbocycles. The highest BCUT2D eigenvalue weighted by atomic mass is 16.4. The van der Waals surface area contributed by atoms with Crippen molar-refractivity contribution in [3.8, 4) is 22.9 Å². The number of benzene rings is 1. The molecular formula is C17H10N4O3. The molecule has 0 aliphatic rings. The van der Waals surface area contributed by atoms with Crippen LogP contribution in [0.4, 0.5) is 0 Å². The summed E-state index contributed by atoms with van der Waals surface area (Å²) in [5.41, 5.74) is 0.353. The molecule has 1 N–H and O–H groups in total. The van der Waals surface area contributed by atoms with Gasteiger partial charge in [0.15, 0.2) is 0 Å². The van der Waals surface area contributed by atoms with Crippen molar-refractivity contribution in [2.75, 3.05) is 0 Å². The topological polar surface area (TPSA) is 109 Å². The van der Waals surface area contributed by atoms with Crippen molar-refractivity contribution in [1.29, 1.82) is 5.26 Å². The third-order valence-electron chi connectivity index (χ3n) is 3.41. The minimum Gasteiger partial charge on any atom is -0.477 e. The maximum atomic E-state index is 12.6. The standard InChI is InChI=1S/C17H10N4O3/c18-8-11-3-5-12(6-4-11)14-10-20-21(13-2-1-7-19-9-13)16(22)15(14)17(23)24/h1-7,9-10H,(H,23,24). The number of aromatic carboxylic acids is 1. The van der Waals surface area contributed by atoms with Gasteiger partial charge in [-0.15, -0.1) is 0 Å². The van der Waals surface area contributed by atoms with Gasteiger partial charge in [-0.2, -0.15) is 15.0 Å². The van der Waals surface area contributed by atoms with E-state index in [1.807, 2.05) is 6.07 Å². The fourth-order valence-electron chi connectivity index (χ4n) is 2.27. The second-order valence-corrected chi connectivity index (χ2v) is 4.86. The highest BCUT2D eigenvalue weighted by Gasteiger charge is 2.20. The Bertz CT molecular complexity index is 1000. The molecule has 2 aromatic heterocycles. The normalized spacial score (nSPS) is 10.1. The fraction of sp³-hybridized carbons (Fsp3) is 0. The molecule has 0 radical (unpaired) electrons. The zero-order valence-corrected chi connectivity index (χ0v) is 12.2. The van der Waals surface area contributed by atoms with Crippen LogP contribution in [0.2, 0.25) is 0 Å². The van der Waals surface area contributed by atoms with Crippen LogP contribution in [0, 0.1) is 11.3 Å². The van der Waals surface area contributed by atoms with E-state index >= 15 is 0 Å². The van der Waals surface area contributed by atoms with Crippen LogP contribution in [0.1, 0.15) is 15.9 Å². The number of carboxylic acid groups (broad SMARTS) is 1. The zero-order valence-electron chi connectivity index (χ0n) is 12.2. The highest BCUT2D eigenvalue weighted by molar-refractivity contribution is 5.95. The second kappa shape index (κ2) is 6.14. The molecule has 3 aromatic rings. The van der Waals surface area contributed by atoms with E-state index in [2.05, 4.69) is 10.1 Å². The number of carboxylic acids is 1. The Morgan fingerprint density at radius 2 is 1.92 bits per heavy atom. The van der Waals surface area contributed by atoms with Gasteiger partial charge in [-0.3, -0.25) is 9.78 Å². The number of aromatic nitrogens is 3. The van der Waals surface area contributed by atoms with E-state index in [-0.39, 0.29) is 5.56 Å². The average Bonchev–Trinajstić information content (AvgIpc) is 2.62. The SMILES string of the molecule is N#Cc1ccc(-c2cnn(-c3cccnc3)c(=O)c2C(=O)O)cc1. The molecule has 7 nitrogen and oxygen atoms in total. The fourth-order valence-corrected chi connectivity index (χ4v) is 2.27. The van der Waals surface area contributed by atoms with E-state index in [9.17, 15) is 14.7 Å². The molecule has 2 heterocycles. The highest BCUT2D eigenvalue weighted by Crippen LogP contribution is 2.21. The molecule has 0 aliphatic heterocycles. The first-order valence-electron chi connectivity index (χ1n) is 6.88. The maximum Gasteiger partial charge on any atom is 0.342 e. The van der Waals surface area contributed by atoms with Crippen molar-refractivity contribution in [1.82, 2.24) is 14.8 Å². The van der Waals surface area contributed by atoms with Gasteiger partial charge in [0.1, 0.15) is 5.56 Å². The van der Waals surface area contributed by atoms with E-state index in [0.717, 1.165) is 4.68 Å². The van der Waals surface area contributed by atoms with Gasteiger partial charge in [-0.25, -0.2) is 4.79 Å².